The SMILES string of the molecule is N[C@H](Cc1ccccc1)C(=O)Nc1ccc(Br)c(Cl)c1Cl. The second-order valence-electron chi connectivity index (χ2n) is 4.51. The van der Waals surface area contributed by atoms with Crippen molar-refractivity contribution >= 4 is 50.7 Å². The lowest BCUT2D eigenvalue weighted by Crippen LogP contribution is -2.37. The minimum atomic E-state index is -0.661. The number of amides is 1. The first kappa shape index (κ1) is 16.3. The molecule has 0 saturated carbocycles. The third-order valence-corrected chi connectivity index (χ3v) is 4.70. The van der Waals surface area contributed by atoms with Crippen LogP contribution in [-0.4, -0.2) is 11.9 Å². The zero-order valence-electron chi connectivity index (χ0n) is 10.9. The quantitative estimate of drug-likeness (QED) is 0.770. The highest BCUT2D eigenvalue weighted by atomic mass is 79.9. The van der Waals surface area contributed by atoms with E-state index in [4.69, 9.17) is 28.9 Å². The molecule has 3 N–H and O–H groups in total. The van der Waals surface area contributed by atoms with E-state index < -0.39 is 6.04 Å². The molecule has 2 aromatic rings. The minimum Gasteiger partial charge on any atom is -0.323 e. The zero-order chi connectivity index (χ0) is 15.4. The minimum absolute atomic E-state index is 0.284. The summed E-state index contributed by atoms with van der Waals surface area (Å²) in [4.78, 5) is 12.1. The Hall–Kier alpha value is -1.07. The van der Waals surface area contributed by atoms with E-state index in [-0.39, 0.29) is 10.9 Å². The van der Waals surface area contributed by atoms with E-state index in [9.17, 15) is 4.79 Å². The number of nitrogens with two attached hydrogens (primary N) is 1. The molecule has 0 aliphatic heterocycles. The molecule has 0 aliphatic rings. The molecule has 2 rings (SSSR count). The first-order valence-electron chi connectivity index (χ1n) is 6.23. The van der Waals surface area contributed by atoms with Crippen LogP contribution in [0.4, 0.5) is 5.69 Å². The van der Waals surface area contributed by atoms with Crippen LogP contribution in [0.5, 0.6) is 0 Å². The fourth-order valence-electron chi connectivity index (χ4n) is 1.81. The van der Waals surface area contributed by atoms with Gasteiger partial charge in [0.25, 0.3) is 0 Å². The molecule has 0 aliphatic carbocycles. The fraction of sp³-hybridized carbons (Fsp3) is 0.133. The Labute approximate surface area is 141 Å². The first-order valence-corrected chi connectivity index (χ1v) is 7.78. The summed E-state index contributed by atoms with van der Waals surface area (Å²) in [7, 11) is 0. The Morgan fingerprint density at radius 1 is 1.14 bits per heavy atom. The largest absolute Gasteiger partial charge is 0.323 e. The summed E-state index contributed by atoms with van der Waals surface area (Å²) >= 11 is 15.4. The number of benzene rings is 2. The molecule has 0 fully saturated rings. The van der Waals surface area contributed by atoms with Crippen LogP contribution in [0, 0.1) is 0 Å². The number of hydrogen-bond donors (Lipinski definition) is 2. The zero-order valence-corrected chi connectivity index (χ0v) is 14.0. The molecule has 21 heavy (non-hydrogen) atoms. The molecule has 0 spiro atoms. The molecule has 6 heteroatoms. The predicted molar refractivity (Wildman–Crippen MR) is 90.9 cm³/mol. The molecule has 0 bridgehead atoms. The van der Waals surface area contributed by atoms with Crippen LogP contribution in [0.2, 0.25) is 10.0 Å². The highest BCUT2D eigenvalue weighted by Crippen LogP contribution is 2.35. The van der Waals surface area contributed by atoms with Crippen LogP contribution < -0.4 is 11.1 Å². The van der Waals surface area contributed by atoms with Crippen molar-refractivity contribution in [2.45, 2.75) is 12.5 Å². The number of carbonyl (C=O) groups is 1. The van der Waals surface area contributed by atoms with E-state index in [0.717, 1.165) is 5.56 Å². The van der Waals surface area contributed by atoms with Crippen molar-refractivity contribution in [3.63, 3.8) is 0 Å². The number of halogens is 3. The van der Waals surface area contributed by atoms with Gasteiger partial charge in [0.1, 0.15) is 0 Å². The summed E-state index contributed by atoms with van der Waals surface area (Å²) in [5.74, 6) is -0.306. The summed E-state index contributed by atoms with van der Waals surface area (Å²) in [5.41, 5.74) is 7.36. The lowest BCUT2D eigenvalue weighted by Gasteiger charge is -2.14. The van der Waals surface area contributed by atoms with E-state index in [0.29, 0.717) is 21.6 Å². The normalized spacial score (nSPS) is 12.0. The Balaban J connectivity index is 2.06. The van der Waals surface area contributed by atoms with E-state index in [1.165, 1.54) is 0 Å². The van der Waals surface area contributed by atoms with E-state index in [1.54, 1.807) is 12.1 Å². The average molecular weight is 388 g/mol. The molecule has 0 heterocycles. The van der Waals surface area contributed by atoms with Crippen molar-refractivity contribution < 1.29 is 4.79 Å². The Morgan fingerprint density at radius 2 is 1.81 bits per heavy atom. The van der Waals surface area contributed by atoms with Gasteiger partial charge in [0.05, 0.1) is 21.8 Å². The number of hydrogen-bond acceptors (Lipinski definition) is 2. The maximum Gasteiger partial charge on any atom is 0.241 e. The highest BCUT2D eigenvalue weighted by Gasteiger charge is 2.17. The molecule has 2 aromatic carbocycles. The van der Waals surface area contributed by atoms with Gasteiger partial charge in [0, 0.05) is 4.47 Å². The Morgan fingerprint density at radius 3 is 2.48 bits per heavy atom. The third-order valence-electron chi connectivity index (χ3n) is 2.93. The number of anilines is 1. The van der Waals surface area contributed by atoms with Crippen LogP contribution >= 0.6 is 39.1 Å². The highest BCUT2D eigenvalue weighted by molar-refractivity contribution is 9.10. The maximum atomic E-state index is 12.1. The predicted octanol–water partition coefficient (Wildman–Crippen LogP) is 4.26. The van der Waals surface area contributed by atoms with Crippen molar-refractivity contribution in [1.29, 1.82) is 0 Å². The average Bonchev–Trinajstić information content (AvgIpc) is 2.48. The van der Waals surface area contributed by atoms with Gasteiger partial charge >= 0.3 is 0 Å². The van der Waals surface area contributed by atoms with Gasteiger partial charge in [0.15, 0.2) is 0 Å². The second kappa shape index (κ2) is 7.27. The molecule has 0 radical (unpaired) electrons. The van der Waals surface area contributed by atoms with E-state index in [2.05, 4.69) is 21.2 Å². The molecule has 0 saturated heterocycles. The van der Waals surface area contributed by atoms with Crippen molar-refractivity contribution in [1.82, 2.24) is 0 Å². The van der Waals surface area contributed by atoms with Gasteiger partial charge in [-0.3, -0.25) is 4.79 Å². The fourth-order valence-corrected chi connectivity index (χ4v) is 2.63. The summed E-state index contributed by atoms with van der Waals surface area (Å²) in [5, 5.41) is 3.33. The number of carbonyl (C=O) groups excluding carboxylic acids is 1. The lowest BCUT2D eigenvalue weighted by molar-refractivity contribution is -0.117. The van der Waals surface area contributed by atoms with Crippen LogP contribution in [0.15, 0.2) is 46.9 Å². The summed E-state index contributed by atoms with van der Waals surface area (Å²) in [6.07, 6.45) is 0.453. The molecule has 1 amide bonds. The van der Waals surface area contributed by atoms with Crippen molar-refractivity contribution in [3.8, 4) is 0 Å². The van der Waals surface area contributed by atoms with Gasteiger partial charge < -0.3 is 11.1 Å². The standard InChI is InChI=1S/C15H13BrCl2N2O/c16-10-6-7-12(14(18)13(10)17)20-15(21)11(19)8-9-4-2-1-3-5-9/h1-7,11H,8,19H2,(H,20,21)/t11-/m1/s1. The topological polar surface area (TPSA) is 55.1 Å². The van der Waals surface area contributed by atoms with Gasteiger partial charge in [-0.25, -0.2) is 0 Å². The monoisotopic (exact) mass is 386 g/mol. The molecule has 1 atom stereocenters. The summed E-state index contributed by atoms with van der Waals surface area (Å²) in [6.45, 7) is 0. The van der Waals surface area contributed by atoms with Crippen LogP contribution in [0.3, 0.4) is 0 Å². The van der Waals surface area contributed by atoms with Crippen LogP contribution in [0.25, 0.3) is 0 Å². The molecular weight excluding hydrogens is 375 g/mol. The van der Waals surface area contributed by atoms with Gasteiger partial charge in [0.2, 0.25) is 5.91 Å². The van der Waals surface area contributed by atoms with Gasteiger partial charge in [-0.1, -0.05) is 53.5 Å². The van der Waals surface area contributed by atoms with E-state index in [1.807, 2.05) is 30.3 Å². The molecule has 110 valence electrons. The van der Waals surface area contributed by atoms with Crippen molar-refractivity contribution in [2.75, 3.05) is 5.32 Å². The van der Waals surface area contributed by atoms with Crippen molar-refractivity contribution in [3.05, 3.63) is 62.5 Å². The van der Waals surface area contributed by atoms with Crippen LogP contribution in [-0.2, 0) is 11.2 Å². The van der Waals surface area contributed by atoms with Gasteiger partial charge in [-0.2, -0.15) is 0 Å². The van der Waals surface area contributed by atoms with Crippen LogP contribution in [0.1, 0.15) is 5.56 Å². The number of nitrogens with one attached hydrogen (secondary N) is 1. The summed E-state index contributed by atoms with van der Waals surface area (Å²) in [6, 6.07) is 12.3. The van der Waals surface area contributed by atoms with E-state index >= 15 is 0 Å². The molecule has 3 nitrogen and oxygen atoms in total. The van der Waals surface area contributed by atoms with Crippen molar-refractivity contribution in [2.24, 2.45) is 5.73 Å². The smallest absolute Gasteiger partial charge is 0.241 e. The maximum absolute atomic E-state index is 12.1. The molecular formula is C15H13BrCl2N2O. The summed E-state index contributed by atoms with van der Waals surface area (Å²) < 4.78 is 0.667. The Bertz CT molecular complexity index is 650. The second-order valence-corrected chi connectivity index (χ2v) is 6.12. The first-order chi connectivity index (χ1) is 9.99. The molecule has 0 unspecified atom stereocenters. The number of rotatable bonds is 4. The Kier molecular flexibility index (Phi) is 5.65. The van der Waals surface area contributed by atoms with Gasteiger partial charge in [-0.05, 0) is 40.0 Å². The third kappa shape index (κ3) is 4.20. The molecule has 0 aromatic heterocycles. The van der Waals surface area contributed by atoms with Gasteiger partial charge in [-0.15, -0.1) is 0 Å². The lowest BCUT2D eigenvalue weighted by atomic mass is 10.1.